The summed E-state index contributed by atoms with van der Waals surface area (Å²) in [5, 5.41) is 32.0. The molecule has 0 radical (unpaired) electrons. The molecule has 0 aliphatic heterocycles. The summed E-state index contributed by atoms with van der Waals surface area (Å²) in [6.07, 6.45) is 7.41. The first-order valence-corrected chi connectivity index (χ1v) is 14.0. The van der Waals surface area contributed by atoms with E-state index < -0.39 is 23.6 Å². The number of carbonyl (C=O) groups is 1. The van der Waals surface area contributed by atoms with E-state index in [9.17, 15) is 20.1 Å². The minimum Gasteiger partial charge on any atom is -0.481 e. The molecule has 10 atom stereocenters. The van der Waals surface area contributed by atoms with Crippen LogP contribution >= 0.6 is 0 Å². The summed E-state index contributed by atoms with van der Waals surface area (Å²) < 4.78 is 0. The lowest BCUT2D eigenvalue weighted by atomic mass is 9.37. The maximum atomic E-state index is 12.5. The first kappa shape index (κ1) is 24.8. The molecule has 0 aromatic carbocycles. The molecule has 0 aromatic rings. The molecule has 0 bridgehead atoms. The van der Waals surface area contributed by atoms with E-state index in [0.717, 1.165) is 43.4 Å². The van der Waals surface area contributed by atoms with Crippen molar-refractivity contribution in [2.24, 2.45) is 50.7 Å². The van der Waals surface area contributed by atoms with Gasteiger partial charge in [0.05, 0.1) is 17.6 Å². The van der Waals surface area contributed by atoms with Crippen LogP contribution in [0.15, 0.2) is 11.1 Å². The van der Waals surface area contributed by atoms with Crippen molar-refractivity contribution in [3.8, 4) is 0 Å². The molecule has 0 unspecified atom stereocenters. The van der Waals surface area contributed by atoms with Gasteiger partial charge in [0.2, 0.25) is 0 Å². The van der Waals surface area contributed by atoms with Gasteiger partial charge in [-0.1, -0.05) is 52.7 Å². The zero-order valence-electron chi connectivity index (χ0n) is 22.6. The van der Waals surface area contributed by atoms with Crippen molar-refractivity contribution in [1.29, 1.82) is 0 Å². The van der Waals surface area contributed by atoms with Crippen molar-refractivity contribution in [3.63, 3.8) is 0 Å². The third-order valence-corrected chi connectivity index (χ3v) is 13.3. The summed E-state index contributed by atoms with van der Waals surface area (Å²) in [5.41, 5.74) is 2.22. The lowest BCUT2D eigenvalue weighted by Gasteiger charge is -2.67. The number of aliphatic hydroxyl groups is 2. The molecule has 3 saturated carbocycles. The average molecular weight is 473 g/mol. The second-order valence-corrected chi connectivity index (χ2v) is 14.5. The summed E-state index contributed by atoms with van der Waals surface area (Å²) in [6, 6.07) is 0. The smallest absolute Gasteiger partial charge is 0.312 e. The normalized spacial score (nSPS) is 54.8. The number of aliphatic hydroxyl groups excluding tert-OH is 2. The minimum absolute atomic E-state index is 0.144. The fourth-order valence-electron chi connectivity index (χ4n) is 11.3. The molecule has 0 saturated heterocycles. The summed E-state index contributed by atoms with van der Waals surface area (Å²) >= 11 is 0. The number of fused-ring (bicyclic) bond motifs is 6. The fraction of sp³-hybridized carbons (Fsp3) is 0.900. The summed E-state index contributed by atoms with van der Waals surface area (Å²) in [7, 11) is 0. The number of hydrogen-bond acceptors (Lipinski definition) is 3. The third kappa shape index (κ3) is 2.71. The Labute approximate surface area is 206 Å². The van der Waals surface area contributed by atoms with Crippen molar-refractivity contribution < 1.29 is 20.1 Å². The Balaban J connectivity index is 1.60. The Morgan fingerprint density at radius 2 is 1.56 bits per heavy atom. The van der Waals surface area contributed by atoms with E-state index >= 15 is 0 Å². The van der Waals surface area contributed by atoms with Crippen LogP contribution < -0.4 is 0 Å². The molecule has 0 heterocycles. The largest absolute Gasteiger partial charge is 0.481 e. The molecule has 34 heavy (non-hydrogen) atoms. The molecule has 0 aromatic heterocycles. The molecule has 5 rings (SSSR count). The molecular weight excluding hydrogens is 424 g/mol. The molecule has 0 amide bonds. The maximum Gasteiger partial charge on any atom is 0.312 e. The Kier molecular flexibility index (Phi) is 5.36. The number of hydrogen-bond donors (Lipinski definition) is 3. The van der Waals surface area contributed by atoms with Crippen molar-refractivity contribution in [3.05, 3.63) is 11.1 Å². The zero-order valence-corrected chi connectivity index (χ0v) is 22.6. The SMILES string of the molecule is CC(C)[C@H]1CC[C@@H]2[C@]1(C)CC[C@]1(C)C3=C(CC[C@@]21C)[C@@]1(C)C[C@@H](O)[C@H](O)[C@@](C)(C(=O)O)[C@@H]1CC3. The number of carboxylic acids is 1. The highest BCUT2D eigenvalue weighted by atomic mass is 16.4. The lowest BCUT2D eigenvalue weighted by molar-refractivity contribution is -0.196. The lowest BCUT2D eigenvalue weighted by Crippen LogP contribution is -2.64. The predicted octanol–water partition coefficient (Wildman–Crippen LogP) is 6.20. The van der Waals surface area contributed by atoms with Crippen molar-refractivity contribution in [2.45, 2.75) is 118 Å². The highest BCUT2D eigenvalue weighted by molar-refractivity contribution is 5.76. The van der Waals surface area contributed by atoms with Crippen molar-refractivity contribution >= 4 is 5.97 Å². The van der Waals surface area contributed by atoms with Crippen LogP contribution in [0.4, 0.5) is 0 Å². The summed E-state index contributed by atoms with van der Waals surface area (Å²) in [6.45, 7) is 16.5. The van der Waals surface area contributed by atoms with Crippen molar-refractivity contribution in [1.82, 2.24) is 0 Å². The van der Waals surface area contributed by atoms with Gasteiger partial charge in [-0.3, -0.25) is 4.79 Å². The molecular formula is C30H48O4. The first-order valence-electron chi connectivity index (χ1n) is 14.0. The van der Waals surface area contributed by atoms with E-state index in [1.54, 1.807) is 12.5 Å². The number of aliphatic carboxylic acids is 1. The van der Waals surface area contributed by atoms with Crippen LogP contribution in [0.2, 0.25) is 0 Å². The third-order valence-electron chi connectivity index (χ3n) is 13.3. The van der Waals surface area contributed by atoms with E-state index in [0.29, 0.717) is 11.8 Å². The summed E-state index contributed by atoms with van der Waals surface area (Å²) in [5.74, 6) is 1.18. The van der Waals surface area contributed by atoms with Gasteiger partial charge in [0.15, 0.2) is 0 Å². The van der Waals surface area contributed by atoms with Crippen LogP contribution in [0, 0.1) is 50.7 Å². The zero-order chi connectivity index (χ0) is 25.1. The van der Waals surface area contributed by atoms with Gasteiger partial charge in [0, 0.05) is 0 Å². The molecule has 5 aliphatic rings. The summed E-state index contributed by atoms with van der Waals surface area (Å²) in [4.78, 5) is 12.5. The van der Waals surface area contributed by atoms with Gasteiger partial charge in [-0.15, -0.1) is 0 Å². The molecule has 3 N–H and O–H groups in total. The monoisotopic (exact) mass is 472 g/mol. The number of rotatable bonds is 2. The van der Waals surface area contributed by atoms with Crippen molar-refractivity contribution in [2.75, 3.05) is 0 Å². The van der Waals surface area contributed by atoms with E-state index in [2.05, 4.69) is 41.5 Å². The second-order valence-electron chi connectivity index (χ2n) is 14.5. The standard InChI is InChI=1S/C30H48O4/c1-17(2)18-8-10-22-26(18,3)14-15-28(5)20-9-11-23-27(4,19(20)12-13-29(22,28)6)16-21(31)24(32)30(23,7)25(33)34/h17-18,21-24,31-32H,8-16H2,1-7H3,(H,33,34)/t18-,21-,22-,23-,24+,26-,27-,28-,29+,30+/m1/s1. The van der Waals surface area contributed by atoms with Crippen LogP contribution in [0.5, 0.6) is 0 Å². The van der Waals surface area contributed by atoms with Gasteiger partial charge in [0.1, 0.15) is 0 Å². The molecule has 192 valence electrons. The Morgan fingerprint density at radius 3 is 2.18 bits per heavy atom. The van der Waals surface area contributed by atoms with E-state index in [-0.39, 0.29) is 22.2 Å². The van der Waals surface area contributed by atoms with Gasteiger partial charge in [-0.25, -0.2) is 0 Å². The molecule has 3 fully saturated rings. The Morgan fingerprint density at radius 1 is 0.882 bits per heavy atom. The highest BCUT2D eigenvalue weighted by Gasteiger charge is 2.69. The predicted molar refractivity (Wildman–Crippen MR) is 134 cm³/mol. The van der Waals surface area contributed by atoms with Crippen LogP contribution in [0.1, 0.15) is 106 Å². The second kappa shape index (κ2) is 7.34. The van der Waals surface area contributed by atoms with Gasteiger partial charge in [0.25, 0.3) is 0 Å². The maximum absolute atomic E-state index is 12.5. The Bertz CT molecular complexity index is 923. The van der Waals surface area contributed by atoms with E-state index in [4.69, 9.17) is 0 Å². The van der Waals surface area contributed by atoms with Gasteiger partial charge >= 0.3 is 5.97 Å². The number of carboxylic acid groups (broad SMARTS) is 1. The molecule has 4 heteroatoms. The quantitative estimate of drug-likeness (QED) is 0.418. The Hall–Kier alpha value is -0.870. The van der Waals surface area contributed by atoms with E-state index in [1.165, 1.54) is 31.3 Å². The molecule has 0 spiro atoms. The van der Waals surface area contributed by atoms with Gasteiger partial charge in [-0.2, -0.15) is 0 Å². The minimum atomic E-state index is -1.31. The van der Waals surface area contributed by atoms with Crippen LogP contribution in [0.3, 0.4) is 0 Å². The molecule has 4 nitrogen and oxygen atoms in total. The van der Waals surface area contributed by atoms with Crippen LogP contribution in [-0.2, 0) is 4.79 Å². The molecule has 5 aliphatic carbocycles. The van der Waals surface area contributed by atoms with E-state index in [1.807, 2.05) is 0 Å². The fourth-order valence-corrected chi connectivity index (χ4v) is 11.3. The van der Waals surface area contributed by atoms with Crippen LogP contribution in [-0.4, -0.2) is 33.5 Å². The van der Waals surface area contributed by atoms with Gasteiger partial charge in [-0.05, 0) is 110 Å². The van der Waals surface area contributed by atoms with Crippen LogP contribution in [0.25, 0.3) is 0 Å². The first-order chi connectivity index (χ1) is 15.7. The number of allylic oxidation sites excluding steroid dienone is 2. The topological polar surface area (TPSA) is 77.8 Å². The average Bonchev–Trinajstić information content (AvgIpc) is 3.11. The van der Waals surface area contributed by atoms with Gasteiger partial charge < -0.3 is 15.3 Å². The highest BCUT2D eigenvalue weighted by Crippen LogP contribution is 2.75.